The topological polar surface area (TPSA) is 54.9 Å². The molecule has 0 fully saturated rings. The highest BCUT2D eigenvalue weighted by molar-refractivity contribution is 5.79. The van der Waals surface area contributed by atoms with Gasteiger partial charge in [-0.25, -0.2) is 0 Å². The Hall–Kier alpha value is -1.59. The number of aliphatic imine (C=N–C) groups is 1. The molecule has 2 N–H and O–H groups in total. The maximum absolute atomic E-state index is 5.43. The molecule has 0 saturated carbocycles. The Bertz CT molecular complexity index is 424. The van der Waals surface area contributed by atoms with Gasteiger partial charge in [0.15, 0.2) is 5.96 Å². The molecule has 0 saturated heterocycles. The summed E-state index contributed by atoms with van der Waals surface area (Å²) in [6.07, 6.45) is 3.09. The van der Waals surface area contributed by atoms with Crippen LogP contribution in [-0.4, -0.2) is 52.5 Å². The fourth-order valence-corrected chi connectivity index (χ4v) is 2.15. The molecule has 5 nitrogen and oxygen atoms in total. The first kappa shape index (κ1) is 19.5. The molecule has 0 heterocycles. The minimum absolute atomic E-state index is 0.374. The van der Waals surface area contributed by atoms with Gasteiger partial charge in [-0.3, -0.25) is 4.99 Å². The lowest BCUT2D eigenvalue weighted by molar-refractivity contribution is 0.0698. The fraction of sp³-hybridized carbons (Fsp3) is 0.611. The highest BCUT2D eigenvalue weighted by Gasteiger charge is 2.05. The van der Waals surface area contributed by atoms with Crippen molar-refractivity contribution in [1.82, 2.24) is 10.6 Å². The van der Waals surface area contributed by atoms with E-state index in [1.54, 1.807) is 14.2 Å². The summed E-state index contributed by atoms with van der Waals surface area (Å²) in [6, 6.07) is 10.9. The molecule has 5 heteroatoms. The van der Waals surface area contributed by atoms with Gasteiger partial charge in [-0.15, -0.1) is 0 Å². The molecule has 1 rings (SSSR count). The van der Waals surface area contributed by atoms with Crippen LogP contribution in [0.5, 0.6) is 0 Å². The van der Waals surface area contributed by atoms with E-state index in [9.17, 15) is 0 Å². The van der Waals surface area contributed by atoms with E-state index in [-0.39, 0.29) is 0 Å². The standard InChI is InChI=1S/C18H31N3O2/c1-16(10-11-17-8-5-4-6-9-17)21-18(19-2)20-12-7-13-23-15-14-22-3/h4-6,8-9,16H,7,10-15H2,1-3H3,(H2,19,20,21). The second kappa shape index (κ2) is 12.9. The van der Waals surface area contributed by atoms with Crippen LogP contribution < -0.4 is 10.6 Å². The van der Waals surface area contributed by atoms with Gasteiger partial charge in [0.25, 0.3) is 0 Å². The van der Waals surface area contributed by atoms with Crippen LogP contribution in [0.1, 0.15) is 25.3 Å². The number of hydrogen-bond donors (Lipinski definition) is 2. The smallest absolute Gasteiger partial charge is 0.191 e. The van der Waals surface area contributed by atoms with E-state index >= 15 is 0 Å². The Kier molecular flexibility index (Phi) is 10.9. The maximum atomic E-state index is 5.43. The van der Waals surface area contributed by atoms with E-state index in [1.807, 2.05) is 0 Å². The van der Waals surface area contributed by atoms with Crippen LogP contribution in [0.4, 0.5) is 0 Å². The Labute approximate surface area is 140 Å². The SMILES string of the molecule is CN=C(NCCCOCCOC)NC(C)CCc1ccccc1. The molecular formula is C18H31N3O2. The number of nitrogens with zero attached hydrogens (tertiary/aromatic N) is 1. The van der Waals surface area contributed by atoms with Crippen LogP contribution in [0.15, 0.2) is 35.3 Å². The van der Waals surface area contributed by atoms with Crippen LogP contribution >= 0.6 is 0 Å². The highest BCUT2D eigenvalue weighted by Crippen LogP contribution is 2.04. The van der Waals surface area contributed by atoms with Crippen molar-refractivity contribution in [2.45, 2.75) is 32.2 Å². The lowest BCUT2D eigenvalue weighted by atomic mass is 10.1. The van der Waals surface area contributed by atoms with Crippen molar-refractivity contribution in [2.75, 3.05) is 40.5 Å². The molecule has 0 bridgehead atoms. The number of aryl methyl sites for hydroxylation is 1. The molecular weight excluding hydrogens is 290 g/mol. The summed E-state index contributed by atoms with van der Waals surface area (Å²) in [5, 5.41) is 6.74. The van der Waals surface area contributed by atoms with Gasteiger partial charge < -0.3 is 20.1 Å². The van der Waals surface area contributed by atoms with Crippen LogP contribution in [-0.2, 0) is 15.9 Å². The molecule has 0 aliphatic heterocycles. The van der Waals surface area contributed by atoms with Crippen molar-refractivity contribution in [3.63, 3.8) is 0 Å². The lowest BCUT2D eigenvalue weighted by Gasteiger charge is -2.18. The maximum Gasteiger partial charge on any atom is 0.191 e. The number of guanidine groups is 1. The van der Waals surface area contributed by atoms with E-state index in [0.717, 1.165) is 38.4 Å². The summed E-state index contributed by atoms with van der Waals surface area (Å²) < 4.78 is 10.4. The molecule has 1 atom stereocenters. The number of methoxy groups -OCH3 is 1. The van der Waals surface area contributed by atoms with Gasteiger partial charge in [0.1, 0.15) is 0 Å². The van der Waals surface area contributed by atoms with Gasteiger partial charge in [-0.2, -0.15) is 0 Å². The van der Waals surface area contributed by atoms with Gasteiger partial charge >= 0.3 is 0 Å². The minimum atomic E-state index is 0.374. The first-order valence-corrected chi connectivity index (χ1v) is 8.34. The van der Waals surface area contributed by atoms with Gasteiger partial charge in [0.2, 0.25) is 0 Å². The van der Waals surface area contributed by atoms with E-state index in [0.29, 0.717) is 19.3 Å². The second-order valence-electron chi connectivity index (χ2n) is 5.53. The summed E-state index contributed by atoms with van der Waals surface area (Å²) in [7, 11) is 3.48. The molecule has 1 aromatic carbocycles. The van der Waals surface area contributed by atoms with Crippen molar-refractivity contribution in [1.29, 1.82) is 0 Å². The quantitative estimate of drug-likeness (QED) is 0.373. The van der Waals surface area contributed by atoms with E-state index < -0.39 is 0 Å². The zero-order valence-electron chi connectivity index (χ0n) is 14.7. The monoisotopic (exact) mass is 321 g/mol. The number of benzene rings is 1. The largest absolute Gasteiger partial charge is 0.382 e. The van der Waals surface area contributed by atoms with Gasteiger partial charge in [0.05, 0.1) is 13.2 Å². The van der Waals surface area contributed by atoms with Crippen molar-refractivity contribution in [2.24, 2.45) is 4.99 Å². The Morgan fingerprint density at radius 1 is 1.17 bits per heavy atom. The molecule has 0 amide bonds. The Balaban J connectivity index is 2.12. The van der Waals surface area contributed by atoms with Crippen molar-refractivity contribution in [3.8, 4) is 0 Å². The summed E-state index contributed by atoms with van der Waals surface area (Å²) in [5.74, 6) is 0.849. The van der Waals surface area contributed by atoms with Gasteiger partial charge in [-0.05, 0) is 31.7 Å². The van der Waals surface area contributed by atoms with Crippen molar-refractivity contribution in [3.05, 3.63) is 35.9 Å². The molecule has 1 aromatic rings. The number of hydrogen-bond acceptors (Lipinski definition) is 3. The van der Waals surface area contributed by atoms with E-state index in [1.165, 1.54) is 5.56 Å². The molecule has 0 aliphatic carbocycles. The second-order valence-corrected chi connectivity index (χ2v) is 5.53. The average molecular weight is 321 g/mol. The third kappa shape index (κ3) is 9.92. The minimum Gasteiger partial charge on any atom is -0.382 e. The van der Waals surface area contributed by atoms with Crippen molar-refractivity contribution >= 4 is 5.96 Å². The number of nitrogens with one attached hydrogen (secondary N) is 2. The Morgan fingerprint density at radius 3 is 2.65 bits per heavy atom. The summed E-state index contributed by atoms with van der Waals surface area (Å²) in [6.45, 7) is 5.06. The molecule has 1 unspecified atom stereocenters. The zero-order valence-corrected chi connectivity index (χ0v) is 14.7. The molecule has 0 aromatic heterocycles. The van der Waals surface area contributed by atoms with Crippen LogP contribution in [0.25, 0.3) is 0 Å². The molecule has 130 valence electrons. The van der Waals surface area contributed by atoms with Crippen LogP contribution in [0.3, 0.4) is 0 Å². The first-order valence-electron chi connectivity index (χ1n) is 8.34. The highest BCUT2D eigenvalue weighted by atomic mass is 16.5. The normalized spacial score (nSPS) is 12.9. The first-order chi connectivity index (χ1) is 11.3. The lowest BCUT2D eigenvalue weighted by Crippen LogP contribution is -2.42. The summed E-state index contributed by atoms with van der Waals surface area (Å²) >= 11 is 0. The molecule has 0 aliphatic rings. The number of ether oxygens (including phenoxy) is 2. The van der Waals surface area contributed by atoms with E-state index in [4.69, 9.17) is 9.47 Å². The summed E-state index contributed by atoms with van der Waals surface area (Å²) in [4.78, 5) is 4.26. The fourth-order valence-electron chi connectivity index (χ4n) is 2.15. The average Bonchev–Trinajstić information content (AvgIpc) is 2.59. The van der Waals surface area contributed by atoms with Crippen LogP contribution in [0, 0.1) is 0 Å². The van der Waals surface area contributed by atoms with Gasteiger partial charge in [0, 0.05) is 33.4 Å². The third-order valence-corrected chi connectivity index (χ3v) is 3.51. The summed E-state index contributed by atoms with van der Waals surface area (Å²) in [5.41, 5.74) is 1.37. The molecule has 23 heavy (non-hydrogen) atoms. The van der Waals surface area contributed by atoms with Gasteiger partial charge in [-0.1, -0.05) is 30.3 Å². The molecule has 0 spiro atoms. The van der Waals surface area contributed by atoms with E-state index in [2.05, 4.69) is 52.9 Å². The molecule has 0 radical (unpaired) electrons. The predicted molar refractivity (Wildman–Crippen MR) is 96.0 cm³/mol. The predicted octanol–water partition coefficient (Wildman–Crippen LogP) is 2.23. The number of rotatable bonds is 11. The Morgan fingerprint density at radius 2 is 1.96 bits per heavy atom. The third-order valence-electron chi connectivity index (χ3n) is 3.51. The van der Waals surface area contributed by atoms with Crippen LogP contribution in [0.2, 0.25) is 0 Å². The zero-order chi connectivity index (χ0) is 16.8. The van der Waals surface area contributed by atoms with Crippen molar-refractivity contribution < 1.29 is 9.47 Å².